The van der Waals surface area contributed by atoms with Gasteiger partial charge in [0, 0.05) is 38.9 Å². The van der Waals surface area contributed by atoms with Gasteiger partial charge in [-0.25, -0.2) is 0 Å². The number of hydrogen-bond acceptors (Lipinski definition) is 1. The Balaban J connectivity index is 0.951. The summed E-state index contributed by atoms with van der Waals surface area (Å²) in [5.74, 6) is 0. The van der Waals surface area contributed by atoms with Crippen LogP contribution in [0.15, 0.2) is 231 Å². The molecular weight excluding hydrogens is 797 g/mol. The molecule has 14 rings (SSSR count). The van der Waals surface area contributed by atoms with Gasteiger partial charge in [-0.05, 0) is 139 Å². The van der Waals surface area contributed by atoms with Crippen LogP contribution in [0.1, 0.15) is 47.2 Å². The quantitative estimate of drug-likeness (QED) is 0.168. The minimum Gasteiger partial charge on any atom is -0.310 e. The van der Waals surface area contributed by atoms with Crippen molar-refractivity contribution in [2.75, 3.05) is 4.90 Å². The second-order valence-electron chi connectivity index (χ2n) is 18.8. The van der Waals surface area contributed by atoms with E-state index in [1.807, 2.05) is 0 Å². The van der Waals surface area contributed by atoms with Crippen molar-refractivity contribution in [2.24, 2.45) is 0 Å². The van der Waals surface area contributed by atoms with Crippen LogP contribution in [-0.2, 0) is 10.8 Å². The van der Waals surface area contributed by atoms with E-state index in [4.69, 9.17) is 0 Å². The van der Waals surface area contributed by atoms with Crippen molar-refractivity contribution in [1.29, 1.82) is 0 Å². The van der Waals surface area contributed by atoms with E-state index < -0.39 is 5.41 Å². The summed E-state index contributed by atoms with van der Waals surface area (Å²) in [7, 11) is 0. The molecule has 0 fully saturated rings. The van der Waals surface area contributed by atoms with Crippen LogP contribution in [0, 0.1) is 0 Å². The second-order valence-corrected chi connectivity index (χ2v) is 18.8. The topological polar surface area (TPSA) is 8.17 Å². The Bertz CT molecular complexity index is 3680. The van der Waals surface area contributed by atoms with Gasteiger partial charge in [-0.2, -0.15) is 0 Å². The van der Waals surface area contributed by atoms with E-state index >= 15 is 0 Å². The molecule has 0 amide bonds. The van der Waals surface area contributed by atoms with Crippen LogP contribution >= 0.6 is 0 Å². The Morgan fingerprint density at radius 1 is 0.318 bits per heavy atom. The first kappa shape index (κ1) is 37.2. The van der Waals surface area contributed by atoms with Gasteiger partial charge in [0.1, 0.15) is 0 Å². The molecule has 0 saturated heterocycles. The van der Waals surface area contributed by atoms with Crippen LogP contribution in [0.3, 0.4) is 0 Å². The molecule has 2 heteroatoms. The van der Waals surface area contributed by atoms with Crippen molar-refractivity contribution in [1.82, 2.24) is 4.57 Å². The third-order valence-electron chi connectivity index (χ3n) is 15.2. The van der Waals surface area contributed by atoms with E-state index in [1.165, 1.54) is 105 Å². The molecule has 0 N–H and O–H groups in total. The zero-order valence-electron chi connectivity index (χ0n) is 36.8. The molecule has 0 bridgehead atoms. The second kappa shape index (κ2) is 13.7. The summed E-state index contributed by atoms with van der Waals surface area (Å²) < 4.78 is 2.44. The van der Waals surface area contributed by atoms with E-state index in [0.29, 0.717) is 0 Å². The number of fused-ring (bicyclic) bond motifs is 16. The molecule has 2 nitrogen and oxygen atoms in total. The van der Waals surface area contributed by atoms with Gasteiger partial charge < -0.3 is 9.47 Å². The summed E-state index contributed by atoms with van der Waals surface area (Å²) in [5, 5.41) is 2.56. The minimum atomic E-state index is -0.437. The molecule has 66 heavy (non-hydrogen) atoms. The van der Waals surface area contributed by atoms with Gasteiger partial charge in [-0.15, -0.1) is 0 Å². The average molecular weight is 841 g/mol. The predicted octanol–water partition coefficient (Wildman–Crippen LogP) is 16.6. The van der Waals surface area contributed by atoms with Gasteiger partial charge in [0.05, 0.1) is 16.4 Å². The lowest BCUT2D eigenvalue weighted by atomic mass is 9.70. The normalized spacial score (nSPS) is 14.2. The molecule has 10 aromatic carbocycles. The van der Waals surface area contributed by atoms with Crippen molar-refractivity contribution in [2.45, 2.75) is 24.7 Å². The van der Waals surface area contributed by atoms with Crippen molar-refractivity contribution in [3.05, 3.63) is 264 Å². The average Bonchev–Trinajstić information content (AvgIpc) is 4.04. The highest BCUT2D eigenvalue weighted by Crippen LogP contribution is 2.63. The fourth-order valence-corrected chi connectivity index (χ4v) is 12.3. The summed E-state index contributed by atoms with van der Waals surface area (Å²) in [6.45, 7) is 4.81. The third-order valence-corrected chi connectivity index (χ3v) is 15.2. The molecule has 310 valence electrons. The SMILES string of the molecule is CC1(C)c2cc(N(c3ccc(-c4ccccc4)cc3)c3ccc4c(c3)C3(c5ccccc5-c5ccccc53)c3ccccc3-4)ccc2-c2ccc(-n3c4ccccc4c4ccccc43)cc21. The van der Waals surface area contributed by atoms with Gasteiger partial charge in [0.15, 0.2) is 0 Å². The number of benzene rings is 10. The van der Waals surface area contributed by atoms with E-state index in [-0.39, 0.29) is 5.41 Å². The number of aromatic nitrogens is 1. The number of para-hydroxylation sites is 2. The van der Waals surface area contributed by atoms with Gasteiger partial charge in [-0.3, -0.25) is 0 Å². The van der Waals surface area contributed by atoms with Crippen LogP contribution in [0.25, 0.3) is 72.0 Å². The van der Waals surface area contributed by atoms with Crippen molar-refractivity contribution in [3.8, 4) is 50.2 Å². The monoisotopic (exact) mass is 840 g/mol. The minimum absolute atomic E-state index is 0.251. The highest BCUT2D eigenvalue weighted by atomic mass is 15.1. The molecule has 0 radical (unpaired) electrons. The van der Waals surface area contributed by atoms with Gasteiger partial charge in [-0.1, -0.05) is 184 Å². The molecule has 3 aliphatic rings. The number of rotatable bonds is 5. The van der Waals surface area contributed by atoms with Crippen LogP contribution in [0.5, 0.6) is 0 Å². The Morgan fingerprint density at radius 3 is 1.30 bits per heavy atom. The molecule has 1 heterocycles. The van der Waals surface area contributed by atoms with Gasteiger partial charge in [0.25, 0.3) is 0 Å². The highest BCUT2D eigenvalue weighted by Gasteiger charge is 2.51. The van der Waals surface area contributed by atoms with Crippen LogP contribution in [0.2, 0.25) is 0 Å². The lowest BCUT2D eigenvalue weighted by molar-refractivity contribution is 0.660. The molecular formula is C64H44N2. The highest BCUT2D eigenvalue weighted by molar-refractivity contribution is 6.09. The molecule has 3 aliphatic carbocycles. The van der Waals surface area contributed by atoms with Crippen molar-refractivity contribution in [3.63, 3.8) is 0 Å². The summed E-state index contributed by atoms with van der Waals surface area (Å²) in [4.78, 5) is 2.49. The first-order valence-electron chi connectivity index (χ1n) is 23.2. The molecule has 0 atom stereocenters. The first-order chi connectivity index (χ1) is 32.5. The van der Waals surface area contributed by atoms with E-state index in [0.717, 1.165) is 17.1 Å². The third kappa shape index (κ3) is 4.96. The lowest BCUT2D eigenvalue weighted by Crippen LogP contribution is -2.26. The van der Waals surface area contributed by atoms with Crippen LogP contribution in [-0.4, -0.2) is 4.57 Å². The van der Waals surface area contributed by atoms with Crippen molar-refractivity contribution >= 4 is 38.9 Å². The van der Waals surface area contributed by atoms with Crippen molar-refractivity contribution < 1.29 is 0 Å². The molecule has 0 unspecified atom stereocenters. The fraction of sp³-hybridized carbons (Fsp3) is 0.0625. The lowest BCUT2D eigenvalue weighted by Gasteiger charge is -2.32. The number of anilines is 3. The maximum atomic E-state index is 2.50. The molecule has 0 aliphatic heterocycles. The zero-order chi connectivity index (χ0) is 43.7. The summed E-state index contributed by atoms with van der Waals surface area (Å²) >= 11 is 0. The molecule has 0 saturated carbocycles. The standard InChI is InChI=1S/C64H44N2/c1-63(2)58-38-44(32-35-50(58)51-36-34-46(39-59(51)63)66-61-26-14-9-21-53(61)54-22-10-15-27-62(54)66)65(43-30-28-42(29-31-43)41-16-4-3-5-17-41)45-33-37-52-49-20-8-13-25-57(49)64(60(52)40-45)55-23-11-6-18-47(55)48-19-7-12-24-56(48)64/h3-40H,1-2H3. The number of nitrogens with zero attached hydrogens (tertiary/aromatic N) is 2. The maximum absolute atomic E-state index is 2.50. The maximum Gasteiger partial charge on any atom is 0.0726 e. The smallest absolute Gasteiger partial charge is 0.0726 e. The molecule has 11 aromatic rings. The summed E-state index contributed by atoms with van der Waals surface area (Å²) in [6, 6.07) is 86.2. The Hall–Kier alpha value is -8.20. The van der Waals surface area contributed by atoms with Crippen LogP contribution in [0.4, 0.5) is 17.1 Å². The number of hydrogen-bond donors (Lipinski definition) is 0. The molecule has 1 spiro atoms. The van der Waals surface area contributed by atoms with E-state index in [2.05, 4.69) is 254 Å². The zero-order valence-corrected chi connectivity index (χ0v) is 36.8. The first-order valence-corrected chi connectivity index (χ1v) is 23.2. The Labute approximate surface area is 385 Å². The summed E-state index contributed by atoms with van der Waals surface area (Å²) in [5.41, 5.74) is 24.7. The van der Waals surface area contributed by atoms with E-state index in [9.17, 15) is 0 Å². The summed E-state index contributed by atoms with van der Waals surface area (Å²) in [6.07, 6.45) is 0. The Kier molecular flexibility index (Phi) is 7.70. The van der Waals surface area contributed by atoms with Crippen LogP contribution < -0.4 is 4.90 Å². The largest absolute Gasteiger partial charge is 0.310 e. The Morgan fingerprint density at radius 2 is 0.727 bits per heavy atom. The van der Waals surface area contributed by atoms with Gasteiger partial charge in [0.2, 0.25) is 0 Å². The molecule has 1 aromatic heterocycles. The predicted molar refractivity (Wildman–Crippen MR) is 275 cm³/mol. The van der Waals surface area contributed by atoms with Gasteiger partial charge >= 0.3 is 0 Å². The van der Waals surface area contributed by atoms with E-state index in [1.54, 1.807) is 0 Å². The fourth-order valence-electron chi connectivity index (χ4n) is 12.3.